The lowest BCUT2D eigenvalue weighted by Gasteiger charge is -2.17. The van der Waals surface area contributed by atoms with Gasteiger partial charge in [0.25, 0.3) is 0 Å². The van der Waals surface area contributed by atoms with E-state index in [1.54, 1.807) is 16.8 Å². The van der Waals surface area contributed by atoms with Crippen LogP contribution < -0.4 is 5.32 Å². The maximum atomic E-state index is 11.0. The maximum Gasteiger partial charge on any atom is 0.335 e. The predicted octanol–water partition coefficient (Wildman–Crippen LogP) is 2.91. The minimum atomic E-state index is -0.918. The van der Waals surface area contributed by atoms with E-state index in [0.717, 1.165) is 22.5 Å². The number of nitrogens with one attached hydrogen (secondary N) is 1. The Bertz CT molecular complexity index is 647. The molecule has 0 amide bonds. The van der Waals surface area contributed by atoms with E-state index in [-0.39, 0.29) is 11.6 Å². The van der Waals surface area contributed by atoms with Gasteiger partial charge in [-0.25, -0.2) is 4.79 Å². The van der Waals surface area contributed by atoms with Gasteiger partial charge in [0.2, 0.25) is 0 Å². The molecule has 2 rings (SSSR count). The molecule has 1 heterocycles. The van der Waals surface area contributed by atoms with Gasteiger partial charge < -0.3 is 10.4 Å². The van der Waals surface area contributed by atoms with E-state index in [2.05, 4.69) is 10.4 Å². The van der Waals surface area contributed by atoms with E-state index in [1.165, 1.54) is 0 Å². The molecule has 0 aliphatic carbocycles. The van der Waals surface area contributed by atoms with Crippen LogP contribution >= 0.6 is 0 Å². The number of hydrogen-bond acceptors (Lipinski definition) is 3. The second-order valence-corrected chi connectivity index (χ2v) is 5.04. The Kier molecular flexibility index (Phi) is 3.79. The van der Waals surface area contributed by atoms with E-state index < -0.39 is 5.97 Å². The monoisotopic (exact) mass is 273 g/mol. The van der Waals surface area contributed by atoms with Gasteiger partial charge in [0, 0.05) is 24.5 Å². The van der Waals surface area contributed by atoms with Crippen molar-refractivity contribution in [2.24, 2.45) is 7.05 Å². The minimum Gasteiger partial charge on any atom is -0.478 e. The number of anilines is 1. The molecule has 0 saturated heterocycles. The largest absolute Gasteiger partial charge is 0.478 e. The molecule has 1 atom stereocenters. The van der Waals surface area contributed by atoms with Crippen molar-refractivity contribution < 1.29 is 9.90 Å². The SMILES string of the molecule is Cc1ccc(C(=O)O)cc1NC(C)c1cn(C)nc1C. The summed E-state index contributed by atoms with van der Waals surface area (Å²) in [5, 5.41) is 16.7. The van der Waals surface area contributed by atoms with Crippen molar-refractivity contribution in [1.29, 1.82) is 0 Å². The van der Waals surface area contributed by atoms with Gasteiger partial charge in [-0.1, -0.05) is 6.07 Å². The molecule has 0 fully saturated rings. The molecule has 2 aromatic rings. The minimum absolute atomic E-state index is 0.0615. The molecule has 5 heteroatoms. The van der Waals surface area contributed by atoms with Crippen LogP contribution in [-0.4, -0.2) is 20.9 Å². The zero-order valence-electron chi connectivity index (χ0n) is 12.1. The highest BCUT2D eigenvalue weighted by Crippen LogP contribution is 2.24. The Hall–Kier alpha value is -2.30. The number of carboxylic acid groups (broad SMARTS) is 1. The van der Waals surface area contributed by atoms with Crippen LogP contribution in [0.2, 0.25) is 0 Å². The molecule has 0 aliphatic heterocycles. The molecule has 5 nitrogen and oxygen atoms in total. The third kappa shape index (κ3) is 2.82. The number of nitrogens with zero attached hydrogens (tertiary/aromatic N) is 2. The first-order valence-corrected chi connectivity index (χ1v) is 6.49. The second-order valence-electron chi connectivity index (χ2n) is 5.04. The Morgan fingerprint density at radius 2 is 2.10 bits per heavy atom. The van der Waals surface area contributed by atoms with Crippen LogP contribution in [0.4, 0.5) is 5.69 Å². The van der Waals surface area contributed by atoms with Gasteiger partial charge in [-0.3, -0.25) is 4.68 Å². The zero-order valence-corrected chi connectivity index (χ0v) is 12.1. The van der Waals surface area contributed by atoms with Crippen LogP contribution in [0, 0.1) is 13.8 Å². The fourth-order valence-electron chi connectivity index (χ4n) is 2.26. The summed E-state index contributed by atoms with van der Waals surface area (Å²) in [5.41, 5.74) is 4.21. The fourth-order valence-corrected chi connectivity index (χ4v) is 2.26. The summed E-state index contributed by atoms with van der Waals surface area (Å²) in [6, 6.07) is 5.16. The summed E-state index contributed by atoms with van der Waals surface area (Å²) < 4.78 is 1.78. The third-order valence-electron chi connectivity index (χ3n) is 3.37. The lowest BCUT2D eigenvalue weighted by Crippen LogP contribution is -2.09. The molecule has 0 radical (unpaired) electrons. The summed E-state index contributed by atoms with van der Waals surface area (Å²) in [6.45, 7) is 5.96. The average Bonchev–Trinajstić information content (AvgIpc) is 2.71. The highest BCUT2D eigenvalue weighted by atomic mass is 16.4. The molecular weight excluding hydrogens is 254 g/mol. The lowest BCUT2D eigenvalue weighted by atomic mass is 10.1. The van der Waals surface area contributed by atoms with Gasteiger partial charge in [-0.2, -0.15) is 5.10 Å². The van der Waals surface area contributed by atoms with Gasteiger partial charge in [-0.05, 0) is 38.5 Å². The molecule has 1 aromatic carbocycles. The number of aromatic nitrogens is 2. The second kappa shape index (κ2) is 5.36. The number of aryl methyl sites for hydroxylation is 3. The van der Waals surface area contributed by atoms with Crippen molar-refractivity contribution >= 4 is 11.7 Å². The summed E-state index contributed by atoms with van der Waals surface area (Å²) in [7, 11) is 1.89. The van der Waals surface area contributed by atoms with Crippen LogP contribution in [0.5, 0.6) is 0 Å². The van der Waals surface area contributed by atoms with E-state index in [4.69, 9.17) is 5.11 Å². The quantitative estimate of drug-likeness (QED) is 0.898. The first-order valence-electron chi connectivity index (χ1n) is 6.49. The van der Waals surface area contributed by atoms with E-state index in [0.29, 0.717) is 0 Å². The van der Waals surface area contributed by atoms with Crippen molar-refractivity contribution in [3.8, 4) is 0 Å². The van der Waals surface area contributed by atoms with E-state index in [9.17, 15) is 4.79 Å². The zero-order chi connectivity index (χ0) is 14.9. The Morgan fingerprint density at radius 3 is 2.65 bits per heavy atom. The molecule has 0 bridgehead atoms. The van der Waals surface area contributed by atoms with Crippen molar-refractivity contribution in [3.63, 3.8) is 0 Å². The van der Waals surface area contributed by atoms with Gasteiger partial charge in [-0.15, -0.1) is 0 Å². The van der Waals surface area contributed by atoms with Crippen LogP contribution in [0.15, 0.2) is 24.4 Å². The average molecular weight is 273 g/mol. The molecule has 0 aliphatic rings. The molecule has 0 saturated carbocycles. The smallest absolute Gasteiger partial charge is 0.335 e. The number of aromatic carboxylic acids is 1. The van der Waals surface area contributed by atoms with E-state index in [1.807, 2.05) is 40.1 Å². The Balaban J connectivity index is 2.27. The highest BCUT2D eigenvalue weighted by Gasteiger charge is 2.13. The number of hydrogen-bond donors (Lipinski definition) is 2. The summed E-state index contributed by atoms with van der Waals surface area (Å²) >= 11 is 0. The molecule has 1 unspecified atom stereocenters. The normalized spacial score (nSPS) is 12.2. The van der Waals surface area contributed by atoms with Gasteiger partial charge >= 0.3 is 5.97 Å². The summed E-state index contributed by atoms with van der Waals surface area (Å²) in [4.78, 5) is 11.0. The molecule has 20 heavy (non-hydrogen) atoms. The number of carboxylic acids is 1. The molecule has 2 N–H and O–H groups in total. The van der Waals surface area contributed by atoms with Gasteiger partial charge in [0.15, 0.2) is 0 Å². The molecule has 106 valence electrons. The van der Waals surface area contributed by atoms with Crippen LogP contribution in [0.1, 0.15) is 40.1 Å². The van der Waals surface area contributed by atoms with E-state index >= 15 is 0 Å². The number of benzene rings is 1. The Labute approximate surface area is 118 Å². The first-order chi connectivity index (χ1) is 9.38. The standard InChI is InChI=1S/C15H19N3O2/c1-9-5-6-12(15(19)20)7-14(9)16-10(2)13-8-18(4)17-11(13)3/h5-8,10,16H,1-4H3,(H,19,20). The topological polar surface area (TPSA) is 67.2 Å². The molecular formula is C15H19N3O2. The number of carbonyl (C=O) groups is 1. The maximum absolute atomic E-state index is 11.0. The van der Waals surface area contributed by atoms with Crippen molar-refractivity contribution in [2.75, 3.05) is 5.32 Å². The lowest BCUT2D eigenvalue weighted by molar-refractivity contribution is 0.0697. The van der Waals surface area contributed by atoms with Crippen molar-refractivity contribution in [2.45, 2.75) is 26.8 Å². The third-order valence-corrected chi connectivity index (χ3v) is 3.37. The molecule has 1 aromatic heterocycles. The predicted molar refractivity (Wildman–Crippen MR) is 78.1 cm³/mol. The fraction of sp³-hybridized carbons (Fsp3) is 0.333. The highest BCUT2D eigenvalue weighted by molar-refractivity contribution is 5.89. The van der Waals surface area contributed by atoms with Crippen molar-refractivity contribution in [1.82, 2.24) is 9.78 Å². The van der Waals surface area contributed by atoms with Crippen LogP contribution in [0.25, 0.3) is 0 Å². The summed E-state index contributed by atoms with van der Waals surface area (Å²) in [5.74, 6) is -0.918. The van der Waals surface area contributed by atoms with Gasteiger partial charge in [0.1, 0.15) is 0 Å². The number of rotatable bonds is 4. The van der Waals surface area contributed by atoms with Gasteiger partial charge in [0.05, 0.1) is 17.3 Å². The Morgan fingerprint density at radius 1 is 1.40 bits per heavy atom. The first kappa shape index (κ1) is 14.1. The summed E-state index contributed by atoms with van der Waals surface area (Å²) in [6.07, 6.45) is 1.98. The van der Waals surface area contributed by atoms with Crippen LogP contribution in [-0.2, 0) is 7.05 Å². The molecule has 0 spiro atoms. The van der Waals surface area contributed by atoms with Crippen molar-refractivity contribution in [3.05, 3.63) is 46.8 Å². The van der Waals surface area contributed by atoms with Crippen LogP contribution in [0.3, 0.4) is 0 Å².